The Labute approximate surface area is 104 Å². The van der Waals surface area contributed by atoms with E-state index in [2.05, 4.69) is 11.1 Å². The van der Waals surface area contributed by atoms with Gasteiger partial charge in [0.25, 0.3) is 0 Å². The second kappa shape index (κ2) is 3.82. The van der Waals surface area contributed by atoms with Crippen molar-refractivity contribution in [1.29, 1.82) is 5.26 Å². The molecule has 0 spiro atoms. The maximum Gasteiger partial charge on any atom is 0.244 e. The summed E-state index contributed by atoms with van der Waals surface area (Å²) < 4.78 is 0. The third-order valence-electron chi connectivity index (χ3n) is 3.27. The van der Waals surface area contributed by atoms with Crippen LogP contribution in [0.4, 0.5) is 0 Å². The number of nitrogens with two attached hydrogens (primary N) is 1. The summed E-state index contributed by atoms with van der Waals surface area (Å²) in [4.78, 5) is 15.7. The molecule has 1 aromatic rings. The standard InChI is InChI=1S/C12H11N5O/c13-7-9-11(8-1-4-15-5-2-8)16-6-3-10(18)17(16)12(9)14/h1-2,4-5,11H,3,6,14H2/t11-/m1/s1. The van der Waals surface area contributed by atoms with Crippen molar-refractivity contribution in [3.8, 4) is 6.07 Å². The van der Waals surface area contributed by atoms with Crippen molar-refractivity contribution in [3.05, 3.63) is 41.5 Å². The van der Waals surface area contributed by atoms with Gasteiger partial charge < -0.3 is 5.73 Å². The fourth-order valence-electron chi connectivity index (χ4n) is 2.48. The first-order valence-electron chi connectivity index (χ1n) is 5.63. The first kappa shape index (κ1) is 10.7. The molecule has 6 nitrogen and oxygen atoms in total. The second-order valence-electron chi connectivity index (χ2n) is 4.21. The normalized spacial score (nSPS) is 23.4. The fraction of sp³-hybridized carbons (Fsp3) is 0.250. The molecule has 3 rings (SSSR count). The van der Waals surface area contributed by atoms with Crippen molar-refractivity contribution in [2.45, 2.75) is 12.5 Å². The number of hydrazine groups is 1. The Morgan fingerprint density at radius 1 is 1.44 bits per heavy atom. The predicted molar refractivity (Wildman–Crippen MR) is 62.0 cm³/mol. The molecule has 1 atom stereocenters. The van der Waals surface area contributed by atoms with Crippen LogP contribution in [0, 0.1) is 11.3 Å². The molecule has 0 unspecified atom stereocenters. The van der Waals surface area contributed by atoms with E-state index in [0.717, 1.165) is 5.56 Å². The molecule has 0 bridgehead atoms. The van der Waals surface area contributed by atoms with E-state index < -0.39 is 0 Å². The van der Waals surface area contributed by atoms with Gasteiger partial charge in [-0.1, -0.05) is 0 Å². The summed E-state index contributed by atoms with van der Waals surface area (Å²) in [6.07, 6.45) is 3.77. The zero-order valence-corrected chi connectivity index (χ0v) is 9.58. The van der Waals surface area contributed by atoms with Gasteiger partial charge in [0.2, 0.25) is 5.91 Å². The van der Waals surface area contributed by atoms with Crippen LogP contribution in [0.15, 0.2) is 35.9 Å². The van der Waals surface area contributed by atoms with Crippen molar-refractivity contribution in [2.24, 2.45) is 5.73 Å². The lowest BCUT2D eigenvalue weighted by Crippen LogP contribution is -2.36. The summed E-state index contributed by atoms with van der Waals surface area (Å²) in [5.41, 5.74) is 7.24. The number of nitriles is 1. The summed E-state index contributed by atoms with van der Waals surface area (Å²) >= 11 is 0. The monoisotopic (exact) mass is 241 g/mol. The SMILES string of the molecule is N#CC1=C(N)N2C(=O)CCN2[C@@H]1c1ccncc1. The van der Waals surface area contributed by atoms with Crippen LogP contribution in [0.5, 0.6) is 0 Å². The Kier molecular flexibility index (Phi) is 2.28. The number of carbonyl (C=O) groups excluding carboxylic acids is 1. The number of amides is 1. The zero-order chi connectivity index (χ0) is 12.7. The highest BCUT2D eigenvalue weighted by molar-refractivity contribution is 5.81. The molecular formula is C12H11N5O. The minimum absolute atomic E-state index is 0.0585. The van der Waals surface area contributed by atoms with Crippen LogP contribution in [0.3, 0.4) is 0 Å². The van der Waals surface area contributed by atoms with Gasteiger partial charge in [0.15, 0.2) is 0 Å². The summed E-state index contributed by atoms with van der Waals surface area (Å²) in [6.45, 7) is 0.581. The highest BCUT2D eigenvalue weighted by atomic mass is 16.2. The van der Waals surface area contributed by atoms with Gasteiger partial charge in [-0.3, -0.25) is 9.78 Å². The number of carbonyl (C=O) groups is 1. The third-order valence-corrected chi connectivity index (χ3v) is 3.27. The van der Waals surface area contributed by atoms with E-state index in [1.807, 2.05) is 17.1 Å². The van der Waals surface area contributed by atoms with Crippen molar-refractivity contribution in [3.63, 3.8) is 0 Å². The Bertz CT molecular complexity index is 574. The van der Waals surface area contributed by atoms with E-state index in [0.29, 0.717) is 18.5 Å². The Balaban J connectivity index is 2.10. The summed E-state index contributed by atoms with van der Waals surface area (Å²) in [5.74, 6) is 0.193. The molecule has 3 heterocycles. The van der Waals surface area contributed by atoms with Crippen LogP contribution in [0.1, 0.15) is 18.0 Å². The number of aromatic nitrogens is 1. The Morgan fingerprint density at radius 3 is 2.83 bits per heavy atom. The summed E-state index contributed by atoms with van der Waals surface area (Å²) in [6, 6.07) is 5.51. The molecule has 0 radical (unpaired) electrons. The maximum atomic E-state index is 11.8. The second-order valence-corrected chi connectivity index (χ2v) is 4.21. The molecular weight excluding hydrogens is 230 g/mol. The smallest absolute Gasteiger partial charge is 0.244 e. The van der Waals surface area contributed by atoms with Crippen LogP contribution < -0.4 is 5.73 Å². The molecule has 18 heavy (non-hydrogen) atoms. The number of pyridine rings is 1. The van der Waals surface area contributed by atoms with Gasteiger partial charge in [0, 0.05) is 25.4 Å². The highest BCUT2D eigenvalue weighted by Crippen LogP contribution is 2.40. The Hall–Kier alpha value is -2.39. The van der Waals surface area contributed by atoms with Gasteiger partial charge >= 0.3 is 0 Å². The van der Waals surface area contributed by atoms with E-state index in [1.165, 1.54) is 5.01 Å². The van der Waals surface area contributed by atoms with Gasteiger partial charge in [-0.05, 0) is 17.7 Å². The average molecular weight is 241 g/mol. The molecule has 2 N–H and O–H groups in total. The first-order valence-corrected chi connectivity index (χ1v) is 5.63. The largest absolute Gasteiger partial charge is 0.383 e. The molecule has 0 aliphatic carbocycles. The summed E-state index contributed by atoms with van der Waals surface area (Å²) in [5, 5.41) is 12.5. The minimum atomic E-state index is -0.274. The van der Waals surface area contributed by atoms with E-state index in [9.17, 15) is 10.1 Å². The molecule has 90 valence electrons. The maximum absolute atomic E-state index is 11.8. The number of nitrogens with zero attached hydrogens (tertiary/aromatic N) is 4. The van der Waals surface area contributed by atoms with Crippen LogP contribution in [0.2, 0.25) is 0 Å². The topological polar surface area (TPSA) is 86.2 Å². The molecule has 1 fully saturated rings. The molecule has 0 saturated carbocycles. The van der Waals surface area contributed by atoms with Crippen molar-refractivity contribution < 1.29 is 4.79 Å². The lowest BCUT2D eigenvalue weighted by molar-refractivity contribution is -0.133. The van der Waals surface area contributed by atoms with E-state index >= 15 is 0 Å². The molecule has 6 heteroatoms. The zero-order valence-electron chi connectivity index (χ0n) is 9.58. The van der Waals surface area contributed by atoms with E-state index in [1.54, 1.807) is 12.4 Å². The van der Waals surface area contributed by atoms with Crippen LogP contribution in [-0.4, -0.2) is 27.5 Å². The molecule has 1 amide bonds. The predicted octanol–water partition coefficient (Wildman–Crippen LogP) is 0.279. The van der Waals surface area contributed by atoms with E-state index in [4.69, 9.17) is 5.73 Å². The van der Waals surface area contributed by atoms with Crippen molar-refractivity contribution in [1.82, 2.24) is 15.0 Å². The number of hydrogen-bond donors (Lipinski definition) is 1. The van der Waals surface area contributed by atoms with Gasteiger partial charge in [-0.2, -0.15) is 10.3 Å². The highest BCUT2D eigenvalue weighted by Gasteiger charge is 2.45. The fourth-order valence-corrected chi connectivity index (χ4v) is 2.48. The summed E-state index contributed by atoms with van der Waals surface area (Å²) in [7, 11) is 0. The van der Waals surface area contributed by atoms with Crippen molar-refractivity contribution in [2.75, 3.05) is 6.54 Å². The lowest BCUT2D eigenvalue weighted by atomic mass is 10.0. The van der Waals surface area contributed by atoms with Gasteiger partial charge in [-0.25, -0.2) is 5.01 Å². The Morgan fingerprint density at radius 2 is 2.17 bits per heavy atom. The number of rotatable bonds is 1. The third kappa shape index (κ3) is 1.31. The van der Waals surface area contributed by atoms with E-state index in [-0.39, 0.29) is 17.8 Å². The van der Waals surface area contributed by atoms with Crippen LogP contribution >= 0.6 is 0 Å². The number of hydrogen-bond acceptors (Lipinski definition) is 5. The number of fused-ring (bicyclic) bond motifs is 1. The minimum Gasteiger partial charge on any atom is -0.383 e. The molecule has 1 saturated heterocycles. The van der Waals surface area contributed by atoms with Crippen LogP contribution in [0.25, 0.3) is 0 Å². The van der Waals surface area contributed by atoms with Gasteiger partial charge in [0.1, 0.15) is 11.9 Å². The molecule has 2 aliphatic heterocycles. The van der Waals surface area contributed by atoms with Gasteiger partial charge in [-0.15, -0.1) is 0 Å². The molecule has 2 aliphatic rings. The van der Waals surface area contributed by atoms with Crippen LogP contribution in [-0.2, 0) is 4.79 Å². The van der Waals surface area contributed by atoms with Crippen molar-refractivity contribution >= 4 is 5.91 Å². The van der Waals surface area contributed by atoms with Gasteiger partial charge in [0.05, 0.1) is 11.6 Å². The molecule has 0 aromatic carbocycles. The quantitative estimate of drug-likeness (QED) is 0.763. The average Bonchev–Trinajstić information content (AvgIpc) is 2.90. The molecule has 1 aromatic heterocycles. The lowest BCUT2D eigenvalue weighted by Gasteiger charge is -2.25. The first-order chi connectivity index (χ1) is 8.74.